The number of thiazole rings is 1. The average molecular weight is 491 g/mol. The first kappa shape index (κ1) is 22.7. The van der Waals surface area contributed by atoms with Crippen LogP contribution < -0.4 is 10.2 Å². The summed E-state index contributed by atoms with van der Waals surface area (Å²) in [4.78, 5) is 19.9. The molecule has 10 heteroatoms. The number of sulfonamides is 1. The first-order valence-corrected chi connectivity index (χ1v) is 12.8. The normalized spacial score (nSPS) is 14.2. The minimum atomic E-state index is -3.68. The number of nitrogens with zero attached hydrogens (tertiary/aromatic N) is 3. The molecule has 168 valence electrons. The van der Waals surface area contributed by atoms with Crippen LogP contribution in [0.5, 0.6) is 0 Å². The minimum Gasteiger partial charge on any atom is -0.371 e. The van der Waals surface area contributed by atoms with E-state index < -0.39 is 15.9 Å². The summed E-state index contributed by atoms with van der Waals surface area (Å²) < 4.78 is 26.4. The van der Waals surface area contributed by atoms with Gasteiger partial charge in [-0.3, -0.25) is 10.1 Å². The number of carbonyl (C=O) groups excluding carboxylic acids is 1. The van der Waals surface area contributed by atoms with E-state index in [-0.39, 0.29) is 4.90 Å². The number of rotatable bonds is 6. The van der Waals surface area contributed by atoms with Gasteiger partial charge >= 0.3 is 0 Å². The maximum Gasteiger partial charge on any atom is 0.259 e. The minimum absolute atomic E-state index is 0.0755. The van der Waals surface area contributed by atoms with Gasteiger partial charge in [-0.25, -0.2) is 17.7 Å². The molecule has 0 radical (unpaired) electrons. The van der Waals surface area contributed by atoms with E-state index in [2.05, 4.69) is 15.2 Å². The molecule has 0 spiro atoms. The van der Waals surface area contributed by atoms with Gasteiger partial charge in [0.15, 0.2) is 5.13 Å². The number of benzene rings is 2. The lowest BCUT2D eigenvalue weighted by Crippen LogP contribution is -2.25. The highest BCUT2D eigenvalue weighted by Crippen LogP contribution is 2.32. The molecule has 0 atom stereocenters. The summed E-state index contributed by atoms with van der Waals surface area (Å²) in [6, 6.07) is 12.1. The van der Waals surface area contributed by atoms with E-state index in [0.717, 1.165) is 41.5 Å². The van der Waals surface area contributed by atoms with Gasteiger partial charge in [0.25, 0.3) is 5.91 Å². The molecular weight excluding hydrogens is 468 g/mol. The molecular formula is C22H23ClN4O3S2. The van der Waals surface area contributed by atoms with Gasteiger partial charge < -0.3 is 4.90 Å². The van der Waals surface area contributed by atoms with Gasteiger partial charge in [0.2, 0.25) is 10.0 Å². The Morgan fingerprint density at radius 3 is 2.56 bits per heavy atom. The zero-order valence-corrected chi connectivity index (χ0v) is 20.1. The summed E-state index contributed by atoms with van der Waals surface area (Å²) in [7, 11) is -0.741. The molecule has 3 aromatic rings. The highest BCUT2D eigenvalue weighted by Gasteiger charge is 2.25. The largest absolute Gasteiger partial charge is 0.371 e. The van der Waals surface area contributed by atoms with Crippen LogP contribution in [0.4, 0.5) is 10.8 Å². The van der Waals surface area contributed by atoms with E-state index in [1.165, 1.54) is 31.5 Å². The number of hydrogen-bond donors (Lipinski definition) is 1. The fourth-order valence-electron chi connectivity index (χ4n) is 3.59. The van der Waals surface area contributed by atoms with Gasteiger partial charge in [-0.15, -0.1) is 11.3 Å². The van der Waals surface area contributed by atoms with Crippen LogP contribution in [0.3, 0.4) is 0 Å². The van der Waals surface area contributed by atoms with E-state index in [1.807, 2.05) is 23.6 Å². The first-order valence-electron chi connectivity index (χ1n) is 10.1. The maximum atomic E-state index is 13.2. The third-order valence-electron chi connectivity index (χ3n) is 5.31. The van der Waals surface area contributed by atoms with Gasteiger partial charge in [-0.1, -0.05) is 29.8 Å². The van der Waals surface area contributed by atoms with Gasteiger partial charge in [-0.05, 0) is 37.1 Å². The fraction of sp³-hybridized carbons (Fsp3) is 0.273. The Labute approximate surface area is 196 Å². The molecule has 0 bridgehead atoms. The molecule has 7 nitrogen and oxygen atoms in total. The van der Waals surface area contributed by atoms with Gasteiger partial charge in [0.1, 0.15) is 0 Å². The Kier molecular flexibility index (Phi) is 6.52. The lowest BCUT2D eigenvalue weighted by atomic mass is 10.1. The highest BCUT2D eigenvalue weighted by atomic mass is 35.5. The lowest BCUT2D eigenvalue weighted by molar-refractivity contribution is 0.102. The summed E-state index contributed by atoms with van der Waals surface area (Å²) in [5, 5.41) is 5.65. The Bertz CT molecular complexity index is 1250. The molecule has 1 saturated heterocycles. The van der Waals surface area contributed by atoms with Crippen molar-refractivity contribution in [2.75, 3.05) is 37.4 Å². The number of nitrogens with one attached hydrogen (secondary N) is 1. The monoisotopic (exact) mass is 490 g/mol. The van der Waals surface area contributed by atoms with Crippen molar-refractivity contribution in [2.24, 2.45) is 0 Å². The summed E-state index contributed by atoms with van der Waals surface area (Å²) in [5.74, 6) is -0.400. The standard InChI is InChI=1S/C22H23ClN4O3S2/c1-26(2)32(29,30)15-9-10-20(27-11-5-6-12-27)17(13-15)21(28)25-22-24-19(14-31-22)16-7-3-4-8-18(16)23/h3-4,7-10,13-14H,5-6,11-12H2,1-2H3,(H,24,25,28). The molecule has 2 aromatic carbocycles. The Balaban J connectivity index is 1.67. The van der Waals surface area contributed by atoms with Crippen molar-refractivity contribution in [3.8, 4) is 11.3 Å². The summed E-state index contributed by atoms with van der Waals surface area (Å²) in [5.41, 5.74) is 2.48. The molecule has 0 aliphatic carbocycles. The first-order chi connectivity index (χ1) is 15.3. The molecule has 1 amide bonds. The Morgan fingerprint density at radius 1 is 1.16 bits per heavy atom. The molecule has 0 unspecified atom stereocenters. The van der Waals surface area contributed by atoms with Crippen molar-refractivity contribution in [1.29, 1.82) is 0 Å². The van der Waals surface area contributed by atoms with Crippen molar-refractivity contribution in [1.82, 2.24) is 9.29 Å². The quantitative estimate of drug-likeness (QED) is 0.547. The second-order valence-corrected chi connectivity index (χ2v) is 11.0. The predicted octanol–water partition coefficient (Wildman–Crippen LogP) is 4.57. The Morgan fingerprint density at radius 2 is 1.88 bits per heavy atom. The van der Waals surface area contributed by atoms with E-state index in [1.54, 1.807) is 18.2 Å². The molecule has 1 aliphatic rings. The molecule has 1 N–H and O–H groups in total. The summed E-state index contributed by atoms with van der Waals surface area (Å²) in [6.45, 7) is 1.65. The van der Waals surface area contributed by atoms with E-state index >= 15 is 0 Å². The number of amides is 1. The zero-order valence-electron chi connectivity index (χ0n) is 17.7. The fourth-order valence-corrected chi connectivity index (χ4v) is 5.46. The van der Waals surface area contributed by atoms with Gasteiger partial charge in [0.05, 0.1) is 16.2 Å². The van der Waals surface area contributed by atoms with Crippen LogP contribution in [0, 0.1) is 0 Å². The van der Waals surface area contributed by atoms with Crippen LogP contribution in [0.15, 0.2) is 52.7 Å². The molecule has 32 heavy (non-hydrogen) atoms. The van der Waals surface area contributed by atoms with Crippen molar-refractivity contribution in [3.63, 3.8) is 0 Å². The van der Waals surface area contributed by atoms with Gasteiger partial charge in [0, 0.05) is 48.8 Å². The molecule has 1 aromatic heterocycles. The zero-order chi connectivity index (χ0) is 22.9. The van der Waals surface area contributed by atoms with Gasteiger partial charge in [-0.2, -0.15) is 0 Å². The van der Waals surface area contributed by atoms with Crippen LogP contribution in [0.2, 0.25) is 5.02 Å². The van der Waals surface area contributed by atoms with Crippen molar-refractivity contribution in [3.05, 3.63) is 58.4 Å². The molecule has 1 fully saturated rings. The SMILES string of the molecule is CN(C)S(=O)(=O)c1ccc(N2CCCC2)c(C(=O)Nc2nc(-c3ccccc3Cl)cs2)c1. The smallest absolute Gasteiger partial charge is 0.259 e. The number of hydrogen-bond acceptors (Lipinski definition) is 6. The maximum absolute atomic E-state index is 13.2. The second-order valence-electron chi connectivity index (χ2n) is 7.63. The van der Waals surface area contributed by atoms with Crippen LogP contribution in [0.25, 0.3) is 11.3 Å². The topological polar surface area (TPSA) is 82.6 Å². The summed E-state index contributed by atoms with van der Waals surface area (Å²) in [6.07, 6.45) is 2.07. The van der Waals surface area contributed by atoms with E-state index in [4.69, 9.17) is 11.6 Å². The van der Waals surface area contributed by atoms with Crippen LogP contribution in [-0.4, -0.2) is 50.8 Å². The van der Waals surface area contributed by atoms with Crippen LogP contribution in [-0.2, 0) is 10.0 Å². The average Bonchev–Trinajstić information content (AvgIpc) is 3.46. The number of carbonyl (C=O) groups is 1. The summed E-state index contributed by atoms with van der Waals surface area (Å²) >= 11 is 7.55. The highest BCUT2D eigenvalue weighted by molar-refractivity contribution is 7.89. The van der Waals surface area contributed by atoms with Crippen LogP contribution >= 0.6 is 22.9 Å². The number of halogens is 1. The number of anilines is 2. The van der Waals surface area contributed by atoms with Crippen molar-refractivity contribution >= 4 is 49.7 Å². The second kappa shape index (κ2) is 9.19. The molecule has 1 aliphatic heterocycles. The number of aromatic nitrogens is 1. The molecule has 4 rings (SSSR count). The van der Waals surface area contributed by atoms with Crippen LogP contribution in [0.1, 0.15) is 23.2 Å². The molecule has 0 saturated carbocycles. The van der Waals surface area contributed by atoms with Crippen molar-refractivity contribution < 1.29 is 13.2 Å². The van der Waals surface area contributed by atoms with E-state index in [0.29, 0.717) is 21.4 Å². The predicted molar refractivity (Wildman–Crippen MR) is 129 cm³/mol. The lowest BCUT2D eigenvalue weighted by Gasteiger charge is -2.22. The Hall–Kier alpha value is -2.46. The third kappa shape index (κ3) is 4.52. The molecule has 2 heterocycles. The van der Waals surface area contributed by atoms with E-state index in [9.17, 15) is 13.2 Å². The van der Waals surface area contributed by atoms with Crippen molar-refractivity contribution in [2.45, 2.75) is 17.7 Å². The third-order valence-corrected chi connectivity index (χ3v) is 8.21.